The Morgan fingerprint density at radius 2 is 1.64 bits per heavy atom. The summed E-state index contributed by atoms with van der Waals surface area (Å²) in [5, 5.41) is 0.800. The van der Waals surface area contributed by atoms with Crippen molar-refractivity contribution in [3.05, 3.63) is 47.0 Å². The van der Waals surface area contributed by atoms with Gasteiger partial charge >= 0.3 is 0 Å². The van der Waals surface area contributed by atoms with Gasteiger partial charge in [0.1, 0.15) is 0 Å². The summed E-state index contributed by atoms with van der Waals surface area (Å²) >= 11 is 6.04. The highest BCUT2D eigenvalue weighted by Crippen LogP contribution is 2.30. The fourth-order valence-corrected chi connectivity index (χ4v) is 3.21. The zero-order valence-electron chi connectivity index (χ0n) is 14.2. The molecule has 0 spiro atoms. The van der Waals surface area contributed by atoms with E-state index in [-0.39, 0.29) is 0 Å². The minimum Gasteiger partial charge on any atom is -0.301 e. The summed E-state index contributed by atoms with van der Waals surface area (Å²) in [6.07, 6.45) is 0. The average Bonchev–Trinajstić information content (AvgIpc) is 2.53. The first kappa shape index (κ1) is 17.5. The van der Waals surface area contributed by atoms with E-state index in [1.54, 1.807) is 0 Å². The van der Waals surface area contributed by atoms with Crippen molar-refractivity contribution < 1.29 is 0 Å². The molecule has 0 aromatic heterocycles. The van der Waals surface area contributed by atoms with Gasteiger partial charge in [-0.2, -0.15) is 0 Å². The fraction of sp³-hybridized carbons (Fsp3) is 0.579. The third kappa shape index (κ3) is 4.58. The summed E-state index contributed by atoms with van der Waals surface area (Å²) in [5.74, 6) is 0.892. The van der Waals surface area contributed by atoms with Gasteiger partial charge in [-0.1, -0.05) is 56.7 Å². The summed E-state index contributed by atoms with van der Waals surface area (Å²) < 4.78 is 0. The molecule has 2 nitrogen and oxygen atoms in total. The van der Waals surface area contributed by atoms with Gasteiger partial charge in [0.25, 0.3) is 0 Å². The maximum atomic E-state index is 6.04. The lowest BCUT2D eigenvalue weighted by atomic mass is 9.85. The topological polar surface area (TPSA) is 6.48 Å². The number of rotatable bonds is 6. The summed E-state index contributed by atoms with van der Waals surface area (Å²) in [4.78, 5) is 5.10. The van der Waals surface area contributed by atoms with Gasteiger partial charge in [-0.25, -0.2) is 0 Å². The van der Waals surface area contributed by atoms with Crippen LogP contribution in [-0.4, -0.2) is 49.1 Å². The van der Waals surface area contributed by atoms with Gasteiger partial charge in [-0.15, -0.1) is 0 Å². The molecule has 22 heavy (non-hydrogen) atoms. The van der Waals surface area contributed by atoms with Crippen LogP contribution in [0.5, 0.6) is 0 Å². The van der Waals surface area contributed by atoms with Crippen molar-refractivity contribution in [2.24, 2.45) is 5.92 Å². The lowest BCUT2D eigenvalue weighted by molar-refractivity contribution is 0.133. The van der Waals surface area contributed by atoms with E-state index < -0.39 is 0 Å². The molecule has 1 fully saturated rings. The first-order valence-corrected chi connectivity index (χ1v) is 8.78. The van der Waals surface area contributed by atoms with Gasteiger partial charge in [0.2, 0.25) is 0 Å². The molecule has 2 rings (SSSR count). The van der Waals surface area contributed by atoms with Gasteiger partial charge < -0.3 is 4.90 Å². The molecule has 0 aliphatic carbocycles. The largest absolute Gasteiger partial charge is 0.301 e. The zero-order valence-corrected chi connectivity index (χ0v) is 14.9. The molecular weight excluding hydrogens is 292 g/mol. The average molecular weight is 321 g/mol. The van der Waals surface area contributed by atoms with E-state index in [4.69, 9.17) is 11.6 Å². The van der Waals surface area contributed by atoms with Crippen LogP contribution in [0.4, 0.5) is 0 Å². The highest BCUT2D eigenvalue weighted by molar-refractivity contribution is 6.30. The molecule has 1 aromatic carbocycles. The van der Waals surface area contributed by atoms with Crippen LogP contribution in [0.2, 0.25) is 5.02 Å². The summed E-state index contributed by atoms with van der Waals surface area (Å²) in [6.45, 7) is 18.0. The quantitative estimate of drug-likeness (QED) is 0.722. The first-order valence-electron chi connectivity index (χ1n) is 8.40. The van der Waals surface area contributed by atoms with Crippen LogP contribution in [0.25, 0.3) is 0 Å². The fourth-order valence-electron chi connectivity index (χ4n) is 3.08. The molecule has 0 N–H and O–H groups in total. The van der Waals surface area contributed by atoms with Gasteiger partial charge in [-0.05, 0) is 30.2 Å². The Balaban J connectivity index is 2.08. The molecular formula is C19H29ClN2. The molecule has 1 unspecified atom stereocenters. The number of nitrogens with zero attached hydrogens (tertiary/aromatic N) is 2. The maximum Gasteiger partial charge on any atom is 0.0406 e. The molecule has 0 saturated carbocycles. The molecule has 0 bridgehead atoms. The molecule has 1 aromatic rings. The predicted octanol–water partition coefficient (Wildman–Crippen LogP) is 4.27. The number of piperazine rings is 1. The van der Waals surface area contributed by atoms with E-state index in [0.29, 0.717) is 11.8 Å². The van der Waals surface area contributed by atoms with Gasteiger partial charge in [0.15, 0.2) is 0 Å². The van der Waals surface area contributed by atoms with Crippen LogP contribution < -0.4 is 0 Å². The Morgan fingerprint density at radius 1 is 1.09 bits per heavy atom. The predicted molar refractivity (Wildman–Crippen MR) is 96.7 cm³/mol. The smallest absolute Gasteiger partial charge is 0.0406 e. The van der Waals surface area contributed by atoms with Crippen molar-refractivity contribution in [3.8, 4) is 0 Å². The van der Waals surface area contributed by atoms with Crippen LogP contribution in [0.1, 0.15) is 32.3 Å². The maximum absolute atomic E-state index is 6.04. The molecule has 1 saturated heterocycles. The minimum absolute atomic E-state index is 0.394. The van der Waals surface area contributed by atoms with Crippen LogP contribution in [-0.2, 0) is 0 Å². The van der Waals surface area contributed by atoms with Crippen molar-refractivity contribution >= 4 is 11.6 Å². The van der Waals surface area contributed by atoms with E-state index in [2.05, 4.69) is 49.3 Å². The van der Waals surface area contributed by atoms with E-state index in [9.17, 15) is 0 Å². The second-order valence-electron chi connectivity index (χ2n) is 6.57. The number of hydrogen-bond donors (Lipinski definition) is 0. The Hall–Kier alpha value is -0.830. The highest BCUT2D eigenvalue weighted by Gasteiger charge is 2.23. The number of halogens is 1. The molecule has 3 heteroatoms. The molecule has 1 aliphatic heterocycles. The highest BCUT2D eigenvalue weighted by atomic mass is 35.5. The Morgan fingerprint density at radius 3 is 2.14 bits per heavy atom. The standard InChI is InChI=1S/C19H29ClN2/c1-5-21-10-12-22(13-11-21)14-19(16(4)15(2)3)17-6-8-18(20)9-7-17/h6-9,15,19H,4-5,10-14H2,1-3H3. The van der Waals surface area contributed by atoms with Gasteiger partial charge in [0, 0.05) is 43.7 Å². The molecule has 0 radical (unpaired) electrons. The molecule has 1 heterocycles. The van der Waals surface area contributed by atoms with E-state index >= 15 is 0 Å². The van der Waals surface area contributed by atoms with Crippen molar-refractivity contribution in [1.82, 2.24) is 9.80 Å². The lowest BCUT2D eigenvalue weighted by Gasteiger charge is -2.37. The molecule has 1 aliphatic rings. The third-order valence-corrected chi connectivity index (χ3v) is 5.07. The second kappa shape index (κ2) is 8.14. The normalized spacial score (nSPS) is 18.6. The third-order valence-electron chi connectivity index (χ3n) is 4.81. The summed E-state index contributed by atoms with van der Waals surface area (Å²) in [6, 6.07) is 8.30. The second-order valence-corrected chi connectivity index (χ2v) is 7.01. The lowest BCUT2D eigenvalue weighted by Crippen LogP contribution is -2.47. The number of hydrogen-bond acceptors (Lipinski definition) is 2. The van der Waals surface area contributed by atoms with Crippen LogP contribution in [0, 0.1) is 5.92 Å². The van der Waals surface area contributed by atoms with Crippen LogP contribution in [0.3, 0.4) is 0 Å². The van der Waals surface area contributed by atoms with Crippen molar-refractivity contribution in [2.75, 3.05) is 39.3 Å². The zero-order chi connectivity index (χ0) is 16.1. The van der Waals surface area contributed by atoms with E-state index in [0.717, 1.165) is 31.2 Å². The Bertz CT molecular complexity index is 473. The Kier molecular flexibility index (Phi) is 6.49. The van der Waals surface area contributed by atoms with Crippen molar-refractivity contribution in [3.63, 3.8) is 0 Å². The van der Waals surface area contributed by atoms with Crippen molar-refractivity contribution in [2.45, 2.75) is 26.7 Å². The molecule has 1 atom stereocenters. The summed E-state index contributed by atoms with van der Waals surface area (Å²) in [5.41, 5.74) is 2.65. The molecule has 0 amide bonds. The van der Waals surface area contributed by atoms with Crippen LogP contribution in [0.15, 0.2) is 36.4 Å². The first-order chi connectivity index (χ1) is 10.5. The summed E-state index contributed by atoms with van der Waals surface area (Å²) in [7, 11) is 0. The SMILES string of the molecule is C=C(C(C)C)C(CN1CCN(CC)CC1)c1ccc(Cl)cc1. The number of benzene rings is 1. The van der Waals surface area contributed by atoms with E-state index in [1.807, 2.05) is 12.1 Å². The minimum atomic E-state index is 0.394. The number of likely N-dealkylation sites (N-methyl/N-ethyl adjacent to an activating group) is 1. The Labute approximate surface area is 140 Å². The van der Waals surface area contributed by atoms with Gasteiger partial charge in [-0.3, -0.25) is 4.90 Å². The van der Waals surface area contributed by atoms with Crippen molar-refractivity contribution in [1.29, 1.82) is 0 Å². The molecule has 122 valence electrons. The monoisotopic (exact) mass is 320 g/mol. The van der Waals surface area contributed by atoms with Gasteiger partial charge in [0.05, 0.1) is 0 Å². The van der Waals surface area contributed by atoms with Crippen LogP contribution >= 0.6 is 11.6 Å². The van der Waals surface area contributed by atoms with E-state index in [1.165, 1.54) is 24.2 Å².